The summed E-state index contributed by atoms with van der Waals surface area (Å²) in [6, 6.07) is -0.733. The lowest BCUT2D eigenvalue weighted by atomic mass is 9.98. The SMILES string of the molecule is COC(CCC1=C(O)C(=C2C(=O)N(C)C(=O)N(C)C2=O)C=C(C)O1)OC. The van der Waals surface area contributed by atoms with E-state index in [4.69, 9.17) is 14.2 Å². The number of urea groups is 1. The van der Waals surface area contributed by atoms with E-state index >= 15 is 0 Å². The van der Waals surface area contributed by atoms with Crippen LogP contribution in [0.5, 0.6) is 0 Å². The smallest absolute Gasteiger partial charge is 0.333 e. The number of carbonyl (C=O) groups is 3. The minimum atomic E-state index is -0.781. The summed E-state index contributed by atoms with van der Waals surface area (Å²) in [7, 11) is 5.52. The molecule has 0 aliphatic carbocycles. The van der Waals surface area contributed by atoms with Gasteiger partial charge in [0.25, 0.3) is 11.8 Å². The fourth-order valence-corrected chi connectivity index (χ4v) is 2.69. The Labute approximate surface area is 151 Å². The Hall–Kier alpha value is -2.65. The number of aliphatic hydroxyl groups excluding tert-OH is 1. The van der Waals surface area contributed by atoms with Crippen molar-refractivity contribution in [2.24, 2.45) is 0 Å². The van der Waals surface area contributed by atoms with Crippen LogP contribution in [0.3, 0.4) is 0 Å². The van der Waals surface area contributed by atoms with E-state index in [0.29, 0.717) is 12.2 Å². The molecule has 0 spiro atoms. The second kappa shape index (κ2) is 7.71. The van der Waals surface area contributed by atoms with Gasteiger partial charge in [-0.25, -0.2) is 4.79 Å². The van der Waals surface area contributed by atoms with Crippen molar-refractivity contribution in [2.75, 3.05) is 28.3 Å². The molecule has 4 amide bonds. The Kier molecular flexibility index (Phi) is 5.83. The number of allylic oxidation sites excluding steroid dienone is 3. The maximum atomic E-state index is 12.5. The molecule has 2 rings (SSSR count). The van der Waals surface area contributed by atoms with Crippen LogP contribution < -0.4 is 0 Å². The van der Waals surface area contributed by atoms with Gasteiger partial charge in [0.15, 0.2) is 12.0 Å². The first-order valence-corrected chi connectivity index (χ1v) is 7.91. The number of nitrogens with zero attached hydrogens (tertiary/aromatic N) is 2. The van der Waals surface area contributed by atoms with Crippen LogP contribution >= 0.6 is 0 Å². The second-order valence-electron chi connectivity index (χ2n) is 5.87. The van der Waals surface area contributed by atoms with E-state index in [1.54, 1.807) is 6.92 Å². The minimum Gasteiger partial charge on any atom is -0.504 e. The molecule has 1 N–H and O–H groups in total. The minimum absolute atomic E-state index is 0.0244. The summed E-state index contributed by atoms with van der Waals surface area (Å²) in [5.41, 5.74) is -0.265. The second-order valence-corrected chi connectivity index (χ2v) is 5.87. The predicted octanol–water partition coefficient (Wildman–Crippen LogP) is 1.44. The summed E-state index contributed by atoms with van der Waals surface area (Å²) in [6.07, 6.45) is 1.55. The van der Waals surface area contributed by atoms with E-state index < -0.39 is 24.1 Å². The van der Waals surface area contributed by atoms with Gasteiger partial charge in [0.1, 0.15) is 17.1 Å². The molecule has 1 saturated heterocycles. The third-order valence-corrected chi connectivity index (χ3v) is 4.16. The fourth-order valence-electron chi connectivity index (χ4n) is 2.69. The number of hydrogen-bond acceptors (Lipinski definition) is 7. The van der Waals surface area contributed by atoms with E-state index in [1.807, 2.05) is 0 Å². The number of rotatable bonds is 5. The Morgan fingerprint density at radius 1 is 1.12 bits per heavy atom. The number of amides is 4. The van der Waals surface area contributed by atoms with Gasteiger partial charge in [-0.2, -0.15) is 0 Å². The zero-order chi connectivity index (χ0) is 19.6. The molecular formula is C17H22N2O7. The molecule has 9 heteroatoms. The average molecular weight is 366 g/mol. The number of carbonyl (C=O) groups excluding carboxylic acids is 3. The third kappa shape index (κ3) is 3.49. The van der Waals surface area contributed by atoms with Gasteiger partial charge in [-0.05, 0) is 13.0 Å². The molecule has 2 heterocycles. The maximum absolute atomic E-state index is 12.5. The number of imide groups is 2. The Balaban J connectivity index is 2.46. The molecule has 0 radical (unpaired) electrons. The van der Waals surface area contributed by atoms with Crippen LogP contribution in [0.25, 0.3) is 0 Å². The highest BCUT2D eigenvalue weighted by atomic mass is 16.7. The van der Waals surface area contributed by atoms with Crippen molar-refractivity contribution in [3.8, 4) is 0 Å². The molecule has 0 aromatic carbocycles. The Morgan fingerprint density at radius 3 is 2.15 bits per heavy atom. The lowest BCUT2D eigenvalue weighted by molar-refractivity contribution is -0.134. The number of aliphatic hydroxyl groups is 1. The number of barbiturate groups is 1. The molecule has 0 aromatic heterocycles. The number of hydrogen-bond donors (Lipinski definition) is 1. The number of methoxy groups -OCH3 is 2. The molecular weight excluding hydrogens is 344 g/mol. The lowest BCUT2D eigenvalue weighted by Gasteiger charge is -2.30. The number of likely N-dealkylation sites (N-methyl/N-ethyl adjacent to an activating group) is 2. The Bertz CT molecular complexity index is 705. The molecule has 9 nitrogen and oxygen atoms in total. The molecule has 2 aliphatic heterocycles. The largest absolute Gasteiger partial charge is 0.504 e. The molecule has 0 saturated carbocycles. The predicted molar refractivity (Wildman–Crippen MR) is 89.5 cm³/mol. The highest BCUT2D eigenvalue weighted by Crippen LogP contribution is 2.32. The van der Waals surface area contributed by atoms with Crippen LogP contribution in [-0.4, -0.2) is 67.4 Å². The zero-order valence-corrected chi connectivity index (χ0v) is 15.4. The van der Waals surface area contributed by atoms with Crippen molar-refractivity contribution in [1.82, 2.24) is 9.80 Å². The summed E-state index contributed by atoms with van der Waals surface area (Å²) >= 11 is 0. The summed E-state index contributed by atoms with van der Waals surface area (Å²) in [5, 5.41) is 10.6. The van der Waals surface area contributed by atoms with Crippen molar-refractivity contribution < 1.29 is 33.7 Å². The monoisotopic (exact) mass is 366 g/mol. The summed E-state index contributed by atoms with van der Waals surface area (Å²) in [6.45, 7) is 1.63. The molecule has 0 atom stereocenters. The molecule has 1 fully saturated rings. The molecule has 2 aliphatic rings. The summed E-state index contributed by atoms with van der Waals surface area (Å²) in [4.78, 5) is 38.4. The first kappa shape index (κ1) is 19.7. The third-order valence-electron chi connectivity index (χ3n) is 4.16. The first-order chi connectivity index (χ1) is 12.2. The first-order valence-electron chi connectivity index (χ1n) is 7.91. The van der Waals surface area contributed by atoms with Crippen LogP contribution in [-0.2, 0) is 23.8 Å². The van der Waals surface area contributed by atoms with Crippen molar-refractivity contribution in [3.63, 3.8) is 0 Å². The van der Waals surface area contributed by atoms with Crippen LogP contribution in [0.4, 0.5) is 4.79 Å². The van der Waals surface area contributed by atoms with Gasteiger partial charge >= 0.3 is 6.03 Å². The van der Waals surface area contributed by atoms with Crippen LogP contribution in [0.15, 0.2) is 34.5 Å². The standard InChI is InChI=1S/C17H22N2O7/c1-9-8-10(13-15(21)18(2)17(23)19(3)16(13)22)14(20)11(26-9)6-7-12(24-4)25-5/h8,12,20H,6-7H2,1-5H3. The van der Waals surface area contributed by atoms with Gasteiger partial charge in [-0.3, -0.25) is 19.4 Å². The highest BCUT2D eigenvalue weighted by Gasteiger charge is 2.41. The van der Waals surface area contributed by atoms with Gasteiger partial charge in [0.05, 0.1) is 0 Å². The van der Waals surface area contributed by atoms with Gasteiger partial charge in [0.2, 0.25) is 0 Å². The van der Waals surface area contributed by atoms with Gasteiger partial charge < -0.3 is 19.3 Å². The molecule has 0 aromatic rings. The van der Waals surface area contributed by atoms with Crippen molar-refractivity contribution in [3.05, 3.63) is 34.5 Å². The molecule has 26 heavy (non-hydrogen) atoms. The molecule has 0 unspecified atom stereocenters. The van der Waals surface area contributed by atoms with Crippen LogP contribution in [0, 0.1) is 0 Å². The molecule has 142 valence electrons. The van der Waals surface area contributed by atoms with E-state index in [-0.39, 0.29) is 29.1 Å². The van der Waals surface area contributed by atoms with E-state index in [9.17, 15) is 19.5 Å². The highest BCUT2D eigenvalue weighted by molar-refractivity contribution is 6.29. The van der Waals surface area contributed by atoms with Gasteiger partial charge in [0, 0.05) is 46.7 Å². The van der Waals surface area contributed by atoms with Gasteiger partial charge in [-0.1, -0.05) is 0 Å². The fraction of sp³-hybridized carbons (Fsp3) is 0.471. The topological polar surface area (TPSA) is 106 Å². The van der Waals surface area contributed by atoms with E-state index in [0.717, 1.165) is 9.80 Å². The van der Waals surface area contributed by atoms with Gasteiger partial charge in [-0.15, -0.1) is 0 Å². The van der Waals surface area contributed by atoms with Crippen LogP contribution in [0.2, 0.25) is 0 Å². The molecule has 0 bridgehead atoms. The summed E-state index contributed by atoms with van der Waals surface area (Å²) < 4.78 is 15.7. The summed E-state index contributed by atoms with van der Waals surface area (Å²) in [5.74, 6) is -1.30. The normalized spacial score (nSPS) is 18.8. The van der Waals surface area contributed by atoms with Crippen molar-refractivity contribution in [2.45, 2.75) is 26.1 Å². The van der Waals surface area contributed by atoms with Crippen LogP contribution in [0.1, 0.15) is 19.8 Å². The quantitative estimate of drug-likeness (QED) is 0.446. The van der Waals surface area contributed by atoms with E-state index in [2.05, 4.69) is 0 Å². The van der Waals surface area contributed by atoms with Crippen molar-refractivity contribution in [1.29, 1.82) is 0 Å². The Morgan fingerprint density at radius 2 is 1.65 bits per heavy atom. The average Bonchev–Trinajstić information content (AvgIpc) is 2.62. The zero-order valence-electron chi connectivity index (χ0n) is 15.4. The lowest BCUT2D eigenvalue weighted by Crippen LogP contribution is -2.53. The van der Waals surface area contributed by atoms with E-state index in [1.165, 1.54) is 34.4 Å². The van der Waals surface area contributed by atoms with Crippen molar-refractivity contribution >= 4 is 17.8 Å². The number of ether oxygens (including phenoxy) is 3. The maximum Gasteiger partial charge on any atom is 0.333 e.